The number of para-hydroxylation sites is 1. The van der Waals surface area contributed by atoms with Gasteiger partial charge in [0, 0.05) is 41.1 Å². The smallest absolute Gasteiger partial charge is 0.317 e. The third-order valence-corrected chi connectivity index (χ3v) is 1.27. The molecule has 0 aliphatic heterocycles. The van der Waals surface area contributed by atoms with Crippen LogP contribution in [-0.2, 0) is 8.26 Å². The van der Waals surface area contributed by atoms with Crippen molar-refractivity contribution < 1.29 is 8.42 Å². The summed E-state index contributed by atoms with van der Waals surface area (Å²) in [6.07, 6.45) is 0. The lowest BCUT2D eigenvalue weighted by Crippen LogP contribution is -2.07. The Labute approximate surface area is 93.2 Å². The molecule has 0 amide bonds. The van der Waals surface area contributed by atoms with Crippen LogP contribution >= 0.6 is 21.4 Å². The van der Waals surface area contributed by atoms with Crippen LogP contribution in [0.4, 0.5) is 5.69 Å². The topological polar surface area (TPSA) is 37.4 Å². The normalized spacial score (nSPS) is 10.0. The fraction of sp³-hybridized carbons (Fsp3) is 0.250. The zero-order chi connectivity index (χ0) is 11.2. The van der Waals surface area contributed by atoms with Gasteiger partial charge in [-0.2, -0.15) is 8.42 Å². The Morgan fingerprint density at radius 1 is 1.07 bits per heavy atom. The Morgan fingerprint density at radius 3 is 1.64 bits per heavy atom. The van der Waals surface area contributed by atoms with Crippen LogP contribution in [0.3, 0.4) is 0 Å². The van der Waals surface area contributed by atoms with E-state index in [0.29, 0.717) is 0 Å². The van der Waals surface area contributed by atoms with Crippen molar-refractivity contribution in [3.8, 4) is 0 Å². The maximum atomic E-state index is 9.16. The van der Waals surface area contributed by atoms with Gasteiger partial charge >= 0.3 is 8.26 Å². The number of hydrogen-bond acceptors (Lipinski definition) is 3. The van der Waals surface area contributed by atoms with Crippen molar-refractivity contribution >= 4 is 35.3 Å². The first-order valence-electron chi connectivity index (χ1n) is 3.67. The molecule has 1 aromatic rings. The number of benzene rings is 1. The van der Waals surface area contributed by atoms with Gasteiger partial charge in [-0.05, 0) is 12.1 Å². The first-order valence-corrected chi connectivity index (χ1v) is 6.81. The summed E-state index contributed by atoms with van der Waals surface area (Å²) in [6, 6.07) is 10.3. The number of rotatable bonds is 1. The average molecular weight is 256 g/mol. The molecule has 3 nitrogen and oxygen atoms in total. The summed E-state index contributed by atoms with van der Waals surface area (Å²) < 4.78 is 18.3. The van der Waals surface area contributed by atoms with Gasteiger partial charge in [0.15, 0.2) is 0 Å². The van der Waals surface area contributed by atoms with Crippen LogP contribution in [0.25, 0.3) is 0 Å². The van der Waals surface area contributed by atoms with E-state index in [1.54, 1.807) is 0 Å². The lowest BCUT2D eigenvalue weighted by molar-refractivity contribution is 0.621. The van der Waals surface area contributed by atoms with E-state index < -0.39 is 8.26 Å². The van der Waals surface area contributed by atoms with Crippen molar-refractivity contribution in [3.05, 3.63) is 30.3 Å². The number of halogens is 2. The van der Waals surface area contributed by atoms with Gasteiger partial charge in [-0.1, -0.05) is 18.2 Å². The van der Waals surface area contributed by atoms with Gasteiger partial charge in [-0.3, -0.25) is 0 Å². The molecule has 0 saturated carbocycles. The second-order valence-corrected chi connectivity index (χ2v) is 6.28. The molecule has 0 N–H and O–H groups in total. The molecule has 0 fully saturated rings. The summed E-state index contributed by atoms with van der Waals surface area (Å²) in [5, 5.41) is 0. The molecule has 0 unspecified atom stereocenters. The molecule has 0 saturated heterocycles. The SMILES string of the molecule is CN(C)c1ccccc1.O=S(=O)(Cl)Cl. The Hall–Kier alpha value is -0.450. The van der Waals surface area contributed by atoms with Crippen LogP contribution in [0, 0.1) is 0 Å². The van der Waals surface area contributed by atoms with Gasteiger partial charge < -0.3 is 4.90 Å². The van der Waals surface area contributed by atoms with Crippen molar-refractivity contribution in [1.29, 1.82) is 0 Å². The maximum Gasteiger partial charge on any atom is 0.317 e. The molecule has 0 aliphatic carbocycles. The van der Waals surface area contributed by atoms with Crippen LogP contribution in [0.15, 0.2) is 30.3 Å². The molecule has 80 valence electrons. The summed E-state index contributed by atoms with van der Waals surface area (Å²) in [5.41, 5.74) is 1.25. The van der Waals surface area contributed by atoms with E-state index in [1.807, 2.05) is 32.3 Å². The zero-order valence-corrected chi connectivity index (χ0v) is 10.1. The van der Waals surface area contributed by atoms with Crippen molar-refractivity contribution in [3.63, 3.8) is 0 Å². The van der Waals surface area contributed by atoms with Crippen molar-refractivity contribution in [2.45, 2.75) is 0 Å². The highest BCUT2D eigenvalue weighted by Gasteiger charge is 1.89. The lowest BCUT2D eigenvalue weighted by atomic mass is 10.3. The highest BCUT2D eigenvalue weighted by atomic mass is 36.0. The summed E-state index contributed by atoms with van der Waals surface area (Å²) in [7, 11) is 8.89. The Kier molecular flexibility index (Phi) is 5.92. The monoisotopic (exact) mass is 255 g/mol. The summed E-state index contributed by atoms with van der Waals surface area (Å²) in [5.74, 6) is 0. The standard InChI is InChI=1S/C8H11N.Cl2O2S/c1-9(2)8-6-4-3-5-7-8;1-5(2,3)4/h3-7H,1-2H3;. The fourth-order valence-electron chi connectivity index (χ4n) is 0.726. The second-order valence-electron chi connectivity index (χ2n) is 2.61. The molecule has 0 radical (unpaired) electrons. The van der Waals surface area contributed by atoms with Gasteiger partial charge in [0.05, 0.1) is 0 Å². The molecule has 0 spiro atoms. The maximum absolute atomic E-state index is 9.16. The van der Waals surface area contributed by atoms with E-state index in [1.165, 1.54) is 5.69 Å². The fourth-order valence-corrected chi connectivity index (χ4v) is 0.726. The molecular weight excluding hydrogens is 245 g/mol. The molecule has 1 aromatic carbocycles. The van der Waals surface area contributed by atoms with Crippen LogP contribution in [0.5, 0.6) is 0 Å². The van der Waals surface area contributed by atoms with Crippen molar-refractivity contribution in [2.24, 2.45) is 0 Å². The van der Waals surface area contributed by atoms with E-state index in [0.717, 1.165) is 0 Å². The highest BCUT2D eigenvalue weighted by molar-refractivity contribution is 8.31. The van der Waals surface area contributed by atoms with E-state index >= 15 is 0 Å². The summed E-state index contributed by atoms with van der Waals surface area (Å²) in [4.78, 5) is 2.08. The van der Waals surface area contributed by atoms with E-state index in [4.69, 9.17) is 8.42 Å². The molecular formula is C8H11Cl2NO2S. The Morgan fingerprint density at radius 2 is 1.43 bits per heavy atom. The minimum Gasteiger partial charge on any atom is -0.378 e. The molecule has 0 aliphatic rings. The van der Waals surface area contributed by atoms with Crippen LogP contribution < -0.4 is 4.90 Å². The lowest BCUT2D eigenvalue weighted by Gasteiger charge is -2.10. The Balaban J connectivity index is 0.000000292. The zero-order valence-electron chi connectivity index (χ0n) is 7.81. The molecule has 6 heteroatoms. The molecule has 0 heterocycles. The van der Waals surface area contributed by atoms with Gasteiger partial charge in [-0.15, -0.1) is 0 Å². The van der Waals surface area contributed by atoms with E-state index in [2.05, 4.69) is 38.4 Å². The average Bonchev–Trinajstić information content (AvgIpc) is 2.03. The third-order valence-electron chi connectivity index (χ3n) is 1.27. The minimum atomic E-state index is -3.72. The number of hydrogen-bond donors (Lipinski definition) is 0. The van der Waals surface area contributed by atoms with E-state index in [-0.39, 0.29) is 0 Å². The largest absolute Gasteiger partial charge is 0.378 e. The van der Waals surface area contributed by atoms with E-state index in [9.17, 15) is 0 Å². The molecule has 14 heavy (non-hydrogen) atoms. The second kappa shape index (κ2) is 6.11. The van der Waals surface area contributed by atoms with Gasteiger partial charge in [0.2, 0.25) is 0 Å². The summed E-state index contributed by atoms with van der Waals surface area (Å²) in [6.45, 7) is 0. The molecule has 0 bridgehead atoms. The van der Waals surface area contributed by atoms with Gasteiger partial charge in [0.25, 0.3) is 0 Å². The number of anilines is 1. The van der Waals surface area contributed by atoms with Crippen LogP contribution in [-0.4, -0.2) is 22.5 Å². The van der Waals surface area contributed by atoms with Crippen LogP contribution in [0.1, 0.15) is 0 Å². The predicted molar refractivity (Wildman–Crippen MR) is 61.4 cm³/mol. The molecule has 0 aromatic heterocycles. The Bertz CT molecular complexity index is 343. The summed E-state index contributed by atoms with van der Waals surface area (Å²) >= 11 is 0. The first kappa shape index (κ1) is 13.6. The van der Waals surface area contributed by atoms with Gasteiger partial charge in [0.1, 0.15) is 0 Å². The first-order chi connectivity index (χ1) is 6.30. The van der Waals surface area contributed by atoms with Gasteiger partial charge in [-0.25, -0.2) is 0 Å². The number of nitrogens with zero attached hydrogens (tertiary/aromatic N) is 1. The quantitative estimate of drug-likeness (QED) is 0.724. The molecule has 1 rings (SSSR count). The van der Waals surface area contributed by atoms with Crippen molar-refractivity contribution in [1.82, 2.24) is 0 Å². The predicted octanol–water partition coefficient (Wildman–Crippen LogP) is 2.46. The van der Waals surface area contributed by atoms with Crippen molar-refractivity contribution in [2.75, 3.05) is 19.0 Å². The third kappa shape index (κ3) is 9.64. The minimum absolute atomic E-state index is 1.25. The van der Waals surface area contributed by atoms with Crippen LogP contribution in [0.2, 0.25) is 0 Å². The molecule has 0 atom stereocenters. The highest BCUT2D eigenvalue weighted by Crippen LogP contribution is 2.07.